The maximum atomic E-state index is 13.2. The van der Waals surface area contributed by atoms with Gasteiger partial charge in [0.25, 0.3) is 5.56 Å². The molecule has 8 nitrogen and oxygen atoms in total. The summed E-state index contributed by atoms with van der Waals surface area (Å²) < 4.78 is 15.6. The molecular weight excluding hydrogens is 411 g/mol. The zero-order chi connectivity index (χ0) is 22.2. The molecule has 0 aromatic carbocycles. The van der Waals surface area contributed by atoms with Crippen LogP contribution in [0.15, 0.2) is 9.59 Å². The van der Waals surface area contributed by atoms with Gasteiger partial charge in [-0.2, -0.15) is 0 Å². The second kappa shape index (κ2) is 8.33. The molecule has 1 N–H and O–H groups in total. The number of alkyl halides is 1. The van der Waals surface area contributed by atoms with Crippen LogP contribution in [-0.2, 0) is 29.2 Å². The van der Waals surface area contributed by atoms with Crippen molar-refractivity contribution in [2.45, 2.75) is 53.8 Å². The van der Waals surface area contributed by atoms with Crippen molar-refractivity contribution in [1.82, 2.24) is 19.4 Å². The third-order valence-electron chi connectivity index (χ3n) is 5.02. The number of nitrogens with one attached hydrogen (secondary N) is 1. The Hall–Kier alpha value is -2.49. The summed E-state index contributed by atoms with van der Waals surface area (Å²) in [6.45, 7) is 8.38. The van der Waals surface area contributed by atoms with Crippen molar-refractivity contribution in [3.8, 4) is 0 Å². The van der Waals surface area contributed by atoms with Crippen molar-refractivity contribution < 1.29 is 14.0 Å². The van der Waals surface area contributed by atoms with Crippen molar-refractivity contribution in [2.24, 2.45) is 5.41 Å². The average molecular weight is 439 g/mol. The van der Waals surface area contributed by atoms with E-state index in [1.54, 1.807) is 6.92 Å². The number of carbonyl (C=O) groups is 2. The summed E-state index contributed by atoms with van der Waals surface area (Å²) in [7, 11) is 0. The zero-order valence-electron chi connectivity index (χ0n) is 17.7. The quantitative estimate of drug-likeness (QED) is 0.690. The first-order valence-electron chi connectivity index (χ1n) is 9.94. The van der Waals surface area contributed by atoms with Gasteiger partial charge in [0.05, 0.1) is 18.6 Å². The van der Waals surface area contributed by atoms with Crippen LogP contribution in [0, 0.1) is 12.3 Å². The molecule has 164 valence electrons. The summed E-state index contributed by atoms with van der Waals surface area (Å²) >= 11 is 1.25. The molecule has 0 aliphatic carbocycles. The number of thiophene rings is 1. The molecule has 0 radical (unpaired) electrons. The fourth-order valence-corrected chi connectivity index (χ4v) is 4.90. The number of nitrogens with zero attached hydrogens (tertiary/aromatic N) is 3. The SMILES string of the molecule is Cc1c(CN2CCNC(=O)C2=O)sc2c1c(=O)n(CC(C)(C)C)c(=O)n2CCCF. The minimum Gasteiger partial charge on any atom is -0.346 e. The van der Waals surface area contributed by atoms with E-state index in [-0.39, 0.29) is 37.0 Å². The second-order valence-corrected chi connectivity index (χ2v) is 9.83. The van der Waals surface area contributed by atoms with Gasteiger partial charge in [-0.25, -0.2) is 4.79 Å². The van der Waals surface area contributed by atoms with Crippen LogP contribution >= 0.6 is 11.3 Å². The van der Waals surface area contributed by atoms with E-state index < -0.39 is 24.2 Å². The predicted octanol–water partition coefficient (Wildman–Crippen LogP) is 1.40. The summed E-state index contributed by atoms with van der Waals surface area (Å²) in [6.07, 6.45) is 0.166. The molecule has 1 saturated heterocycles. The normalized spacial score (nSPS) is 15.2. The van der Waals surface area contributed by atoms with E-state index in [1.807, 2.05) is 20.8 Å². The fraction of sp³-hybridized carbons (Fsp3) is 0.600. The Morgan fingerprint density at radius 2 is 1.83 bits per heavy atom. The highest BCUT2D eigenvalue weighted by atomic mass is 32.1. The first kappa shape index (κ1) is 22.2. The number of hydrogen-bond acceptors (Lipinski definition) is 5. The standard InChI is InChI=1S/C20H27FN4O4S/c1-12-13(10-23-9-7-22-15(26)17(23)28)30-18-14(12)16(27)25(11-20(2,3)4)19(29)24(18)8-5-6-21/h5-11H2,1-4H3,(H,22,26). The summed E-state index contributed by atoms with van der Waals surface area (Å²) in [5.41, 5.74) is -0.425. The average Bonchev–Trinajstić information content (AvgIpc) is 2.98. The van der Waals surface area contributed by atoms with E-state index >= 15 is 0 Å². The van der Waals surface area contributed by atoms with E-state index in [4.69, 9.17) is 0 Å². The van der Waals surface area contributed by atoms with E-state index in [1.165, 1.54) is 25.4 Å². The van der Waals surface area contributed by atoms with Crippen LogP contribution < -0.4 is 16.6 Å². The van der Waals surface area contributed by atoms with Gasteiger partial charge in [-0.15, -0.1) is 11.3 Å². The smallest absolute Gasteiger partial charge is 0.332 e. The van der Waals surface area contributed by atoms with Gasteiger partial charge in [0.2, 0.25) is 0 Å². The Labute approximate surface area is 177 Å². The van der Waals surface area contributed by atoms with Crippen LogP contribution in [-0.4, -0.2) is 45.6 Å². The van der Waals surface area contributed by atoms with Crippen molar-refractivity contribution in [3.05, 3.63) is 31.3 Å². The largest absolute Gasteiger partial charge is 0.346 e. The number of hydrogen-bond donors (Lipinski definition) is 1. The van der Waals surface area contributed by atoms with Crippen LogP contribution in [0.2, 0.25) is 0 Å². The van der Waals surface area contributed by atoms with Crippen LogP contribution in [0.5, 0.6) is 0 Å². The van der Waals surface area contributed by atoms with Crippen molar-refractivity contribution in [2.75, 3.05) is 19.8 Å². The molecule has 0 unspecified atom stereocenters. The Kier molecular flexibility index (Phi) is 6.16. The molecule has 0 atom stereocenters. The molecule has 0 bridgehead atoms. The van der Waals surface area contributed by atoms with Gasteiger partial charge in [-0.05, 0) is 24.3 Å². The molecule has 0 spiro atoms. The van der Waals surface area contributed by atoms with Crippen LogP contribution in [0.4, 0.5) is 4.39 Å². The number of carbonyl (C=O) groups excluding carboxylic acids is 2. The molecule has 10 heteroatoms. The third-order valence-corrected chi connectivity index (χ3v) is 6.32. The summed E-state index contributed by atoms with van der Waals surface area (Å²) in [5.74, 6) is -1.26. The highest BCUT2D eigenvalue weighted by molar-refractivity contribution is 7.18. The lowest BCUT2D eigenvalue weighted by atomic mass is 9.97. The topological polar surface area (TPSA) is 93.4 Å². The van der Waals surface area contributed by atoms with Gasteiger partial charge in [-0.1, -0.05) is 20.8 Å². The maximum absolute atomic E-state index is 13.2. The number of rotatable bonds is 6. The summed E-state index contributed by atoms with van der Waals surface area (Å²) in [5, 5.41) is 2.93. The van der Waals surface area contributed by atoms with Gasteiger partial charge in [0.1, 0.15) is 4.83 Å². The highest BCUT2D eigenvalue weighted by Crippen LogP contribution is 2.29. The number of fused-ring (bicyclic) bond motifs is 1. The second-order valence-electron chi connectivity index (χ2n) is 8.74. The number of halogens is 1. The van der Waals surface area contributed by atoms with Crippen LogP contribution in [0.25, 0.3) is 10.2 Å². The molecule has 2 aromatic heterocycles. The molecule has 1 aliphatic rings. The Morgan fingerprint density at radius 1 is 1.13 bits per heavy atom. The Morgan fingerprint density at radius 3 is 2.47 bits per heavy atom. The monoisotopic (exact) mass is 438 g/mol. The molecule has 3 rings (SSSR count). The van der Waals surface area contributed by atoms with Gasteiger partial charge < -0.3 is 10.2 Å². The van der Waals surface area contributed by atoms with Gasteiger partial charge in [0, 0.05) is 31.1 Å². The first-order chi connectivity index (χ1) is 14.0. The van der Waals surface area contributed by atoms with E-state index in [0.29, 0.717) is 28.9 Å². The minimum atomic E-state index is -0.646. The van der Waals surface area contributed by atoms with Crippen LogP contribution in [0.3, 0.4) is 0 Å². The van der Waals surface area contributed by atoms with Gasteiger partial charge in [0.15, 0.2) is 0 Å². The lowest BCUT2D eigenvalue weighted by Crippen LogP contribution is -2.51. The lowest BCUT2D eigenvalue weighted by Gasteiger charge is -2.26. The number of aromatic nitrogens is 2. The number of aryl methyl sites for hydroxylation is 2. The first-order valence-corrected chi connectivity index (χ1v) is 10.8. The number of amides is 2. The van der Waals surface area contributed by atoms with E-state index in [0.717, 1.165) is 4.88 Å². The lowest BCUT2D eigenvalue weighted by molar-refractivity contribution is -0.148. The Bertz CT molecular complexity index is 1110. The molecule has 2 amide bonds. The predicted molar refractivity (Wildman–Crippen MR) is 114 cm³/mol. The fourth-order valence-electron chi connectivity index (χ4n) is 3.57. The summed E-state index contributed by atoms with van der Waals surface area (Å²) in [6, 6.07) is 0. The molecule has 1 aliphatic heterocycles. The molecule has 30 heavy (non-hydrogen) atoms. The molecule has 2 aromatic rings. The third kappa shape index (κ3) is 4.19. The molecular formula is C20H27FN4O4S. The zero-order valence-corrected chi connectivity index (χ0v) is 18.5. The van der Waals surface area contributed by atoms with Crippen molar-refractivity contribution >= 4 is 33.4 Å². The molecule has 0 saturated carbocycles. The van der Waals surface area contributed by atoms with Crippen molar-refractivity contribution in [1.29, 1.82) is 0 Å². The number of piperazine rings is 1. The van der Waals surface area contributed by atoms with Gasteiger partial charge in [-0.3, -0.25) is 27.9 Å². The van der Waals surface area contributed by atoms with E-state index in [2.05, 4.69) is 5.32 Å². The minimum absolute atomic E-state index is 0.166. The Balaban J connectivity index is 2.16. The molecule has 3 heterocycles. The van der Waals surface area contributed by atoms with Crippen molar-refractivity contribution in [3.63, 3.8) is 0 Å². The van der Waals surface area contributed by atoms with E-state index in [9.17, 15) is 23.6 Å². The molecule has 1 fully saturated rings. The summed E-state index contributed by atoms with van der Waals surface area (Å²) in [4.78, 5) is 52.8. The maximum Gasteiger partial charge on any atom is 0.332 e. The van der Waals surface area contributed by atoms with Crippen LogP contribution in [0.1, 0.15) is 37.6 Å². The highest BCUT2D eigenvalue weighted by Gasteiger charge is 2.28. The van der Waals surface area contributed by atoms with Gasteiger partial charge >= 0.3 is 17.5 Å².